The SMILES string of the molecule is CCCCCC(=O)/N=C/C(CSCc1cc(CSCCNC(=O)CCP(=O)(O)CN2CCN(CP(=O)(O)CO)CCN(CP(=O)(O)CO)CC2)cc(CSCC(NC(=O)[C@H](Cc2ccccc2)NC(=O)[C@H](CCC(N)=O)NC(=O)[C@@H](C)CC)C(N)=O)c1)C(=O)N1CCC[C@H]1C(=O)N1CCC[C@H]1C(N)=O. The second-order valence-electron chi connectivity index (χ2n) is 26.8. The van der Waals surface area contributed by atoms with Gasteiger partial charge in [0.15, 0.2) is 0 Å². The van der Waals surface area contributed by atoms with Crippen molar-refractivity contribution in [1.29, 1.82) is 0 Å². The molecule has 104 heavy (non-hydrogen) atoms. The fourth-order valence-electron chi connectivity index (χ4n) is 12.0. The topological polar surface area (TPSA) is 478 Å². The summed E-state index contributed by atoms with van der Waals surface area (Å²) in [5.41, 5.74) is 20.2. The van der Waals surface area contributed by atoms with Crippen LogP contribution in [-0.4, -0.2) is 259 Å². The highest BCUT2D eigenvalue weighted by molar-refractivity contribution is 7.99. The molecule has 0 aliphatic carbocycles. The van der Waals surface area contributed by atoms with Crippen LogP contribution in [0.2, 0.25) is 0 Å². The molecule has 15 N–H and O–H groups in total. The Morgan fingerprint density at radius 1 is 0.615 bits per heavy atom. The third kappa shape index (κ3) is 32.1. The Morgan fingerprint density at radius 3 is 1.67 bits per heavy atom. The van der Waals surface area contributed by atoms with Crippen molar-refractivity contribution in [1.82, 2.24) is 45.8 Å². The molecule has 3 aliphatic rings. The van der Waals surface area contributed by atoms with Crippen LogP contribution in [0.5, 0.6) is 0 Å². The largest absolute Gasteiger partial charge is 0.386 e. The van der Waals surface area contributed by atoms with Crippen LogP contribution in [0.3, 0.4) is 0 Å². The minimum atomic E-state index is -4.01. The van der Waals surface area contributed by atoms with E-state index in [1.807, 2.05) is 25.1 Å². The Balaban J connectivity index is 1.32. The summed E-state index contributed by atoms with van der Waals surface area (Å²) in [6.45, 7) is 7.32. The number of nitrogens with zero attached hydrogens (tertiary/aromatic N) is 6. The highest BCUT2D eigenvalue weighted by Crippen LogP contribution is 2.43. The summed E-state index contributed by atoms with van der Waals surface area (Å²) in [6, 6.07) is 9.34. The minimum Gasteiger partial charge on any atom is -0.386 e. The second kappa shape index (κ2) is 45.3. The van der Waals surface area contributed by atoms with Gasteiger partial charge in [0.05, 0.1) is 24.8 Å². The summed E-state index contributed by atoms with van der Waals surface area (Å²) in [7, 11) is -11.9. The molecule has 0 radical (unpaired) electrons. The predicted octanol–water partition coefficient (Wildman–Crippen LogP) is 2.15. The zero-order valence-corrected chi connectivity index (χ0v) is 64.9. The van der Waals surface area contributed by atoms with E-state index in [9.17, 15) is 86.5 Å². The fraction of sp³-hybridized carbons (Fsp3) is 0.657. The average molecular weight is 1570 g/mol. The van der Waals surface area contributed by atoms with Crippen LogP contribution in [0, 0.1) is 11.8 Å². The number of carbonyl (C=O) groups excluding carboxylic acids is 10. The van der Waals surface area contributed by atoms with Gasteiger partial charge >= 0.3 is 0 Å². The van der Waals surface area contributed by atoms with Crippen molar-refractivity contribution in [3.8, 4) is 0 Å². The number of amides is 10. The van der Waals surface area contributed by atoms with Crippen LogP contribution >= 0.6 is 57.4 Å². The molecular weight excluding hydrogens is 1460 g/mol. The summed E-state index contributed by atoms with van der Waals surface area (Å²) >= 11 is 4.17. The summed E-state index contributed by atoms with van der Waals surface area (Å²) in [5.74, 6) is -5.44. The lowest BCUT2D eigenvalue weighted by molar-refractivity contribution is -0.146. The first-order valence-corrected chi connectivity index (χ1v) is 44.8. The van der Waals surface area contributed by atoms with Crippen LogP contribution in [0.15, 0.2) is 53.5 Å². The smallest absolute Gasteiger partial charge is 0.246 e. The van der Waals surface area contributed by atoms with E-state index < -0.39 is 118 Å². The molecule has 0 spiro atoms. The monoisotopic (exact) mass is 1570 g/mol. The molecule has 0 aromatic heterocycles. The molecule has 0 saturated carbocycles. The van der Waals surface area contributed by atoms with Crippen molar-refractivity contribution in [3.05, 3.63) is 70.8 Å². The Hall–Kier alpha value is -5.57. The van der Waals surface area contributed by atoms with Gasteiger partial charge in [-0.15, -0.1) is 0 Å². The molecule has 0 bridgehead atoms. The standard InChI is InChI=1S/C67H108N13O18P3S3/c1-4-6-8-17-59(84)72-36-52(66(91)80-23-12-16-57(80)67(92)79-22-11-15-56(79)62(70)87)40-103-38-50-32-49(37-102-31-21-71-60(85)20-30-99(93,94)42-76-24-26-77(43-100(95,96)45-81)28-29-78(27-25-76)44-101(97,98)46-82)33-51(34-50)39-104-41-55(61(69)86)75-65(90)54(35-48-13-9-7-10-14-48)74-64(89)53(18-19-58(68)83)73-63(88)47(3)5-2/h7,9-10,13-14,32-34,36,47,52-57,81-82H,4-6,8,11-12,15-31,35,37-46H2,1-3H3,(H2,68,83)(H2,69,86)(H2,70,87)(H,71,85)(H,73,88)(H,74,89)(H,75,90)(H,93,94)(H,95,96)(H,97,98)/b72-36+/t47-,52?,53-,54-,55?,56-,57-/m0/s1. The van der Waals surface area contributed by atoms with Gasteiger partial charge in [0, 0.05) is 137 Å². The molecule has 31 nitrogen and oxygen atoms in total. The first-order chi connectivity index (χ1) is 49.3. The Labute approximate surface area is 622 Å². The number of likely N-dealkylation sites (tertiary alicyclic amines) is 2. The van der Waals surface area contributed by atoms with E-state index >= 15 is 0 Å². The van der Waals surface area contributed by atoms with Gasteiger partial charge in [-0.2, -0.15) is 35.3 Å². The average Bonchev–Trinajstić information content (AvgIpc) is 1.64. The van der Waals surface area contributed by atoms with Gasteiger partial charge < -0.3 is 73.2 Å². The summed E-state index contributed by atoms with van der Waals surface area (Å²) < 4.78 is 38.7. The van der Waals surface area contributed by atoms with Crippen molar-refractivity contribution in [2.75, 3.05) is 114 Å². The van der Waals surface area contributed by atoms with E-state index in [1.165, 1.54) is 51.3 Å². The lowest BCUT2D eigenvalue weighted by atomic mass is 10.0. The van der Waals surface area contributed by atoms with Crippen LogP contribution < -0.4 is 38.5 Å². The fourth-order valence-corrected chi connectivity index (χ4v) is 18.4. The van der Waals surface area contributed by atoms with E-state index in [1.54, 1.807) is 58.9 Å². The first-order valence-electron chi connectivity index (χ1n) is 35.3. The van der Waals surface area contributed by atoms with E-state index in [4.69, 9.17) is 17.2 Å². The van der Waals surface area contributed by atoms with Gasteiger partial charge in [0.25, 0.3) is 0 Å². The van der Waals surface area contributed by atoms with Crippen molar-refractivity contribution in [2.24, 2.45) is 34.0 Å². The molecule has 3 heterocycles. The number of aliphatic hydroxyl groups excluding tert-OH is 2. The summed E-state index contributed by atoms with van der Waals surface area (Å²) in [6.07, 6.45) is 2.24. The van der Waals surface area contributed by atoms with E-state index in [2.05, 4.69) is 26.3 Å². The molecule has 37 heteroatoms. The number of nitrogens with two attached hydrogens (primary N) is 3. The highest BCUT2D eigenvalue weighted by Gasteiger charge is 2.43. The zero-order valence-electron chi connectivity index (χ0n) is 59.8. The first kappa shape index (κ1) is 89.1. The number of nitrogens with one attached hydrogen (secondary N) is 4. The predicted molar refractivity (Wildman–Crippen MR) is 403 cm³/mol. The number of hydrogen-bond acceptors (Lipinski definition) is 21. The van der Waals surface area contributed by atoms with Gasteiger partial charge in [-0.1, -0.05) is 82.1 Å². The number of benzene rings is 2. The third-order valence-electron chi connectivity index (χ3n) is 18.0. The number of primary amides is 3. The van der Waals surface area contributed by atoms with Gasteiger partial charge in [-0.3, -0.25) is 76.3 Å². The maximum atomic E-state index is 14.6. The lowest BCUT2D eigenvalue weighted by Gasteiger charge is -2.31. The van der Waals surface area contributed by atoms with Crippen molar-refractivity contribution in [3.63, 3.8) is 0 Å². The second-order valence-corrected chi connectivity index (χ2v) is 36.9. The molecule has 2 aromatic rings. The number of aliphatic hydroxyl groups is 2. The van der Waals surface area contributed by atoms with Crippen LogP contribution in [-0.2, 0) is 85.3 Å². The quantitative estimate of drug-likeness (QED) is 0.0257. The molecule has 582 valence electrons. The van der Waals surface area contributed by atoms with E-state index in [0.29, 0.717) is 67.9 Å². The van der Waals surface area contributed by atoms with Gasteiger partial charge in [-0.25, -0.2) is 4.99 Å². The highest BCUT2D eigenvalue weighted by atomic mass is 32.2. The molecule has 5 unspecified atom stereocenters. The maximum absolute atomic E-state index is 14.6. The van der Waals surface area contributed by atoms with Crippen LogP contribution in [0.4, 0.5) is 0 Å². The molecule has 5 rings (SSSR count). The van der Waals surface area contributed by atoms with Crippen LogP contribution in [0.25, 0.3) is 0 Å². The van der Waals surface area contributed by atoms with Crippen LogP contribution in [0.1, 0.15) is 120 Å². The van der Waals surface area contributed by atoms with Gasteiger partial charge in [-0.05, 0) is 67.2 Å². The molecule has 3 fully saturated rings. The maximum Gasteiger partial charge on any atom is 0.246 e. The van der Waals surface area contributed by atoms with E-state index in [0.717, 1.165) is 29.5 Å². The Kier molecular flexibility index (Phi) is 38.8. The molecule has 3 saturated heterocycles. The van der Waals surface area contributed by atoms with E-state index in [-0.39, 0.29) is 144 Å². The van der Waals surface area contributed by atoms with Crippen molar-refractivity contribution < 1.29 is 86.5 Å². The number of carbonyl (C=O) groups is 10. The molecule has 10 amide bonds. The summed E-state index contributed by atoms with van der Waals surface area (Å²) in [4.78, 5) is 177. The minimum absolute atomic E-state index is 0.0181. The number of unbranched alkanes of at least 4 members (excludes halogenated alkanes) is 2. The Bertz CT molecular complexity index is 3350. The number of rotatable bonds is 45. The molecule has 10 atom stereocenters. The zero-order chi connectivity index (χ0) is 76.6. The number of thioether (sulfide) groups is 3. The van der Waals surface area contributed by atoms with Gasteiger partial charge in [0.1, 0.15) is 42.9 Å². The molecular formula is C67H108N13O18P3S3. The molecule has 2 aromatic carbocycles. The summed E-state index contributed by atoms with van der Waals surface area (Å²) in [5, 5.41) is 29.9. The third-order valence-corrected chi connectivity index (χ3v) is 25.6. The Morgan fingerprint density at radius 2 is 1.13 bits per heavy atom. The number of hydrogen-bond donors (Lipinski definition) is 12. The van der Waals surface area contributed by atoms with Crippen molar-refractivity contribution in [2.45, 2.75) is 152 Å². The number of aliphatic imine (C=N–C) groups is 1. The van der Waals surface area contributed by atoms with Crippen molar-refractivity contribution >= 4 is 123 Å². The normalized spacial score (nSPS) is 19.5. The lowest BCUT2D eigenvalue weighted by Crippen LogP contribution is -2.57. The van der Waals surface area contributed by atoms with Gasteiger partial charge in [0.2, 0.25) is 81.2 Å². The molecule has 3 aliphatic heterocycles.